The maximum atomic E-state index is 5.25. The fourth-order valence-corrected chi connectivity index (χ4v) is 0.192. The van der Waals surface area contributed by atoms with Gasteiger partial charge in [-0.2, -0.15) is 0 Å². The maximum absolute atomic E-state index is 5.25. The molecule has 7 heavy (non-hydrogen) atoms. The first-order valence-electron chi connectivity index (χ1n) is 2.12. The van der Waals surface area contributed by atoms with Crippen LogP contribution in [0.5, 0.6) is 0 Å². The zero-order chi connectivity index (χ0) is 5.70. The standard InChI is InChI=1S/C5H10N2/c1-5(6)3-4-7-2/h3-4H,6H2,1-2H3/b5-3-,7-4+. The van der Waals surface area contributed by atoms with Gasteiger partial charge in [0.1, 0.15) is 0 Å². The van der Waals surface area contributed by atoms with Gasteiger partial charge in [-0.05, 0) is 13.0 Å². The first-order valence-corrected chi connectivity index (χ1v) is 2.12. The molecule has 0 saturated carbocycles. The summed E-state index contributed by atoms with van der Waals surface area (Å²) in [7, 11) is 1.71. The molecule has 0 spiro atoms. The highest BCUT2D eigenvalue weighted by molar-refractivity contribution is 5.71. The monoisotopic (exact) mass is 98.1 g/mol. The van der Waals surface area contributed by atoms with Crippen LogP contribution in [0.3, 0.4) is 0 Å². The molecule has 0 saturated heterocycles. The number of allylic oxidation sites excluding steroid dienone is 2. The van der Waals surface area contributed by atoms with E-state index in [2.05, 4.69) is 4.99 Å². The van der Waals surface area contributed by atoms with Crippen LogP contribution in [-0.4, -0.2) is 13.3 Å². The van der Waals surface area contributed by atoms with Crippen LogP contribution in [0.2, 0.25) is 0 Å². The van der Waals surface area contributed by atoms with Crippen molar-refractivity contribution in [3.63, 3.8) is 0 Å². The Hall–Kier alpha value is -0.790. The quantitative estimate of drug-likeness (QED) is 0.478. The van der Waals surface area contributed by atoms with Gasteiger partial charge in [-0.15, -0.1) is 0 Å². The molecule has 0 atom stereocenters. The van der Waals surface area contributed by atoms with Crippen molar-refractivity contribution in [2.24, 2.45) is 10.7 Å². The van der Waals surface area contributed by atoms with Crippen LogP contribution in [0, 0.1) is 0 Å². The molecule has 0 aliphatic carbocycles. The third-order valence-electron chi connectivity index (χ3n) is 0.486. The number of rotatable bonds is 1. The van der Waals surface area contributed by atoms with Gasteiger partial charge in [-0.25, -0.2) is 0 Å². The first kappa shape index (κ1) is 6.21. The molecule has 0 aromatic rings. The summed E-state index contributed by atoms with van der Waals surface area (Å²) in [4.78, 5) is 3.69. The summed E-state index contributed by atoms with van der Waals surface area (Å²) >= 11 is 0. The molecule has 0 fully saturated rings. The van der Waals surface area contributed by atoms with Crippen LogP contribution in [0.15, 0.2) is 16.8 Å². The van der Waals surface area contributed by atoms with Crippen molar-refractivity contribution < 1.29 is 0 Å². The number of hydrogen-bond acceptors (Lipinski definition) is 2. The molecule has 0 aliphatic rings. The summed E-state index contributed by atoms with van der Waals surface area (Å²) in [6.07, 6.45) is 3.41. The Kier molecular flexibility index (Phi) is 3.02. The second-order valence-corrected chi connectivity index (χ2v) is 1.32. The highest BCUT2D eigenvalue weighted by Crippen LogP contribution is 1.72. The van der Waals surface area contributed by atoms with E-state index in [1.165, 1.54) is 0 Å². The zero-order valence-corrected chi connectivity index (χ0v) is 4.68. The molecule has 0 amide bonds. The minimum atomic E-state index is 0.783. The second kappa shape index (κ2) is 3.40. The topological polar surface area (TPSA) is 38.4 Å². The van der Waals surface area contributed by atoms with Crippen LogP contribution in [0.4, 0.5) is 0 Å². The summed E-state index contributed by atoms with van der Waals surface area (Å²) in [6.45, 7) is 1.82. The van der Waals surface area contributed by atoms with Gasteiger partial charge in [-0.1, -0.05) is 0 Å². The molecule has 40 valence electrons. The molecule has 0 heterocycles. The number of nitrogens with two attached hydrogens (primary N) is 1. The highest BCUT2D eigenvalue weighted by Gasteiger charge is 1.66. The van der Waals surface area contributed by atoms with E-state index in [0.717, 1.165) is 5.70 Å². The summed E-state index contributed by atoms with van der Waals surface area (Å²) < 4.78 is 0. The minimum Gasteiger partial charge on any atom is -0.402 e. The molecule has 0 rings (SSSR count). The average molecular weight is 98.1 g/mol. The summed E-state index contributed by atoms with van der Waals surface area (Å²) in [5, 5.41) is 0. The molecule has 0 aromatic carbocycles. The van der Waals surface area contributed by atoms with Crippen molar-refractivity contribution in [1.29, 1.82) is 0 Å². The SMILES string of the molecule is C/N=C/C=C(/C)N. The molecule has 0 bridgehead atoms. The molecule has 2 nitrogen and oxygen atoms in total. The van der Waals surface area contributed by atoms with Gasteiger partial charge in [0.2, 0.25) is 0 Å². The van der Waals surface area contributed by atoms with Gasteiger partial charge in [0.05, 0.1) is 0 Å². The largest absolute Gasteiger partial charge is 0.402 e. The van der Waals surface area contributed by atoms with Gasteiger partial charge in [0.15, 0.2) is 0 Å². The second-order valence-electron chi connectivity index (χ2n) is 1.32. The predicted molar refractivity (Wildman–Crippen MR) is 32.4 cm³/mol. The van der Waals surface area contributed by atoms with Gasteiger partial charge in [-0.3, -0.25) is 4.99 Å². The summed E-state index contributed by atoms with van der Waals surface area (Å²) in [5.41, 5.74) is 6.03. The number of hydrogen-bond donors (Lipinski definition) is 1. The van der Waals surface area contributed by atoms with E-state index in [-0.39, 0.29) is 0 Å². The molecule has 0 radical (unpaired) electrons. The van der Waals surface area contributed by atoms with Crippen molar-refractivity contribution in [2.45, 2.75) is 6.92 Å². The summed E-state index contributed by atoms with van der Waals surface area (Å²) in [5.74, 6) is 0. The first-order chi connectivity index (χ1) is 3.27. The Morgan fingerprint density at radius 2 is 2.29 bits per heavy atom. The smallest absolute Gasteiger partial charge is 0.0277 e. The van der Waals surface area contributed by atoms with E-state index in [0.29, 0.717) is 0 Å². The van der Waals surface area contributed by atoms with Crippen LogP contribution in [0.1, 0.15) is 6.92 Å². The van der Waals surface area contributed by atoms with Crippen LogP contribution < -0.4 is 5.73 Å². The molecule has 0 aliphatic heterocycles. The molecule has 2 N–H and O–H groups in total. The lowest BCUT2D eigenvalue weighted by atomic mass is 10.5. The fourth-order valence-electron chi connectivity index (χ4n) is 0.192. The van der Waals surface area contributed by atoms with E-state index < -0.39 is 0 Å². The molecular formula is C5H10N2. The molecule has 0 unspecified atom stereocenters. The van der Waals surface area contributed by atoms with Gasteiger partial charge >= 0.3 is 0 Å². The lowest BCUT2D eigenvalue weighted by Crippen LogP contribution is -1.89. The van der Waals surface area contributed by atoms with Crippen molar-refractivity contribution in [2.75, 3.05) is 7.05 Å². The fraction of sp³-hybridized carbons (Fsp3) is 0.400. The van der Waals surface area contributed by atoms with E-state index in [1.807, 2.05) is 6.92 Å². The molecular weight excluding hydrogens is 88.1 g/mol. The van der Waals surface area contributed by atoms with Crippen molar-refractivity contribution >= 4 is 6.21 Å². The third-order valence-corrected chi connectivity index (χ3v) is 0.486. The Balaban J connectivity index is 3.46. The Morgan fingerprint density at radius 1 is 1.71 bits per heavy atom. The van der Waals surface area contributed by atoms with Gasteiger partial charge in [0.25, 0.3) is 0 Å². The van der Waals surface area contributed by atoms with Crippen molar-refractivity contribution in [3.8, 4) is 0 Å². The Bertz CT molecular complexity index is 88.3. The third kappa shape index (κ3) is 5.21. The van der Waals surface area contributed by atoms with E-state index in [4.69, 9.17) is 5.73 Å². The van der Waals surface area contributed by atoms with Crippen molar-refractivity contribution in [3.05, 3.63) is 11.8 Å². The van der Waals surface area contributed by atoms with Crippen molar-refractivity contribution in [1.82, 2.24) is 0 Å². The molecule has 2 heteroatoms. The Labute approximate surface area is 43.7 Å². The van der Waals surface area contributed by atoms with E-state index in [9.17, 15) is 0 Å². The summed E-state index contributed by atoms with van der Waals surface area (Å²) in [6, 6.07) is 0. The lowest BCUT2D eigenvalue weighted by Gasteiger charge is -1.79. The zero-order valence-electron chi connectivity index (χ0n) is 4.68. The van der Waals surface area contributed by atoms with Gasteiger partial charge < -0.3 is 5.73 Å². The maximum Gasteiger partial charge on any atom is 0.0277 e. The van der Waals surface area contributed by atoms with E-state index >= 15 is 0 Å². The Morgan fingerprint density at radius 3 is 2.43 bits per heavy atom. The highest BCUT2D eigenvalue weighted by atomic mass is 14.6. The number of nitrogens with zero attached hydrogens (tertiary/aromatic N) is 1. The average Bonchev–Trinajstić information content (AvgIpc) is 1.61. The minimum absolute atomic E-state index is 0.783. The van der Waals surface area contributed by atoms with Crippen LogP contribution in [-0.2, 0) is 0 Å². The lowest BCUT2D eigenvalue weighted by molar-refractivity contribution is 1.32. The predicted octanol–water partition coefficient (Wildman–Crippen LogP) is 0.550. The normalized spacial score (nSPS) is 13.1. The van der Waals surface area contributed by atoms with Crippen LogP contribution in [0.25, 0.3) is 0 Å². The number of aliphatic imine (C=N–C) groups is 1. The van der Waals surface area contributed by atoms with E-state index in [1.54, 1.807) is 19.3 Å². The van der Waals surface area contributed by atoms with Gasteiger partial charge in [0, 0.05) is 19.0 Å². The van der Waals surface area contributed by atoms with Crippen LogP contribution >= 0.6 is 0 Å². The molecule has 0 aromatic heterocycles.